The largest absolute Gasteiger partial charge is 0.454 e. The zero-order valence-corrected chi connectivity index (χ0v) is 17.4. The van der Waals surface area contributed by atoms with Gasteiger partial charge in [-0.3, -0.25) is 9.69 Å². The van der Waals surface area contributed by atoms with Crippen LogP contribution in [0.4, 0.5) is 5.13 Å². The Bertz CT molecular complexity index is 1010. The summed E-state index contributed by atoms with van der Waals surface area (Å²) in [5, 5.41) is 1.28. The lowest BCUT2D eigenvalue weighted by Crippen LogP contribution is -2.36. The van der Waals surface area contributed by atoms with Crippen molar-refractivity contribution in [2.45, 2.75) is 6.92 Å². The predicted octanol–water partition coefficient (Wildman–Crippen LogP) is 4.20. The minimum atomic E-state index is -0.131. The average molecular weight is 418 g/mol. The molecule has 28 heavy (non-hydrogen) atoms. The van der Waals surface area contributed by atoms with E-state index in [0.717, 1.165) is 15.8 Å². The first-order valence-corrected chi connectivity index (χ1v) is 10.1. The van der Waals surface area contributed by atoms with Crippen LogP contribution in [0.1, 0.15) is 15.9 Å². The summed E-state index contributed by atoms with van der Waals surface area (Å²) in [6, 6.07) is 9.05. The smallest absolute Gasteiger partial charge is 0.260 e. The van der Waals surface area contributed by atoms with Gasteiger partial charge in [0, 0.05) is 18.7 Å². The first-order valence-electron chi connectivity index (χ1n) is 8.86. The van der Waals surface area contributed by atoms with Gasteiger partial charge in [-0.15, -0.1) is 0 Å². The summed E-state index contributed by atoms with van der Waals surface area (Å²) in [7, 11) is 3.95. The van der Waals surface area contributed by atoms with Crippen molar-refractivity contribution in [1.29, 1.82) is 0 Å². The van der Waals surface area contributed by atoms with E-state index in [0.29, 0.717) is 40.3 Å². The van der Waals surface area contributed by atoms with E-state index in [9.17, 15) is 4.79 Å². The van der Waals surface area contributed by atoms with E-state index < -0.39 is 0 Å². The second-order valence-corrected chi connectivity index (χ2v) is 8.25. The van der Waals surface area contributed by atoms with Crippen LogP contribution in [0.5, 0.6) is 11.5 Å². The van der Waals surface area contributed by atoms with Gasteiger partial charge in [0.15, 0.2) is 16.6 Å². The summed E-state index contributed by atoms with van der Waals surface area (Å²) in [6.45, 7) is 3.38. The number of benzene rings is 2. The van der Waals surface area contributed by atoms with Crippen molar-refractivity contribution in [2.24, 2.45) is 0 Å². The number of carbonyl (C=O) groups excluding carboxylic acids is 1. The SMILES string of the molecule is Cc1ccc(Cl)c2sc(N(CCN(C)C)C(=O)c3ccc4c(c3)OCO4)nc12. The molecule has 0 fully saturated rings. The molecular weight excluding hydrogens is 398 g/mol. The molecule has 0 radical (unpaired) electrons. The van der Waals surface area contributed by atoms with Crippen LogP contribution in [-0.4, -0.2) is 49.8 Å². The van der Waals surface area contributed by atoms with Gasteiger partial charge in [0.1, 0.15) is 0 Å². The van der Waals surface area contributed by atoms with E-state index in [1.807, 2.05) is 38.1 Å². The topological polar surface area (TPSA) is 54.9 Å². The van der Waals surface area contributed by atoms with Crippen molar-refractivity contribution >= 4 is 44.2 Å². The standard InChI is InChI=1S/C20H20ClN3O3S/c1-12-4-6-14(21)18-17(12)22-20(28-18)24(9-8-23(2)3)19(25)13-5-7-15-16(10-13)27-11-26-15/h4-7,10H,8-9,11H2,1-3H3. The van der Waals surface area contributed by atoms with Crippen molar-refractivity contribution in [3.8, 4) is 11.5 Å². The average Bonchev–Trinajstić information content (AvgIpc) is 3.31. The highest BCUT2D eigenvalue weighted by Gasteiger charge is 2.24. The molecule has 0 aliphatic carbocycles. The van der Waals surface area contributed by atoms with E-state index in [1.165, 1.54) is 11.3 Å². The summed E-state index contributed by atoms with van der Waals surface area (Å²) in [6.07, 6.45) is 0. The number of carbonyl (C=O) groups is 1. The number of aromatic nitrogens is 1. The predicted molar refractivity (Wildman–Crippen MR) is 112 cm³/mol. The first-order chi connectivity index (χ1) is 13.4. The first kappa shape index (κ1) is 19.0. The molecule has 2 heterocycles. The van der Waals surface area contributed by atoms with Gasteiger partial charge in [-0.2, -0.15) is 0 Å². The van der Waals surface area contributed by atoms with Crippen LogP contribution in [0, 0.1) is 6.92 Å². The molecule has 0 spiro atoms. The summed E-state index contributed by atoms with van der Waals surface area (Å²) in [5.74, 6) is 1.10. The highest BCUT2D eigenvalue weighted by atomic mass is 35.5. The molecule has 1 aromatic heterocycles. The molecule has 1 aliphatic heterocycles. The Kier molecular flexibility index (Phi) is 5.14. The second kappa shape index (κ2) is 7.58. The summed E-state index contributed by atoms with van der Waals surface area (Å²) >= 11 is 7.80. The number of hydrogen-bond donors (Lipinski definition) is 0. The number of ether oxygens (including phenoxy) is 2. The van der Waals surface area contributed by atoms with Crippen molar-refractivity contribution in [3.05, 3.63) is 46.5 Å². The molecule has 0 saturated heterocycles. The number of fused-ring (bicyclic) bond motifs is 2. The van der Waals surface area contributed by atoms with E-state index in [1.54, 1.807) is 23.1 Å². The molecule has 2 aromatic carbocycles. The number of likely N-dealkylation sites (N-methyl/N-ethyl adjacent to an activating group) is 1. The number of nitrogens with zero attached hydrogens (tertiary/aromatic N) is 3. The maximum atomic E-state index is 13.3. The minimum Gasteiger partial charge on any atom is -0.454 e. The Morgan fingerprint density at radius 1 is 1.18 bits per heavy atom. The number of rotatable bonds is 5. The van der Waals surface area contributed by atoms with Crippen molar-refractivity contribution in [2.75, 3.05) is 38.9 Å². The third-order valence-corrected chi connectivity index (χ3v) is 6.09. The Labute approximate surface area is 172 Å². The lowest BCUT2D eigenvalue weighted by atomic mass is 10.1. The van der Waals surface area contributed by atoms with Crippen molar-refractivity contribution < 1.29 is 14.3 Å². The Morgan fingerprint density at radius 2 is 1.96 bits per heavy atom. The van der Waals surface area contributed by atoms with Crippen molar-refractivity contribution in [1.82, 2.24) is 9.88 Å². The van der Waals surface area contributed by atoms with Gasteiger partial charge in [-0.05, 0) is 50.8 Å². The van der Waals surface area contributed by atoms with Crippen LogP contribution in [0.3, 0.4) is 0 Å². The number of aryl methyl sites for hydroxylation is 1. The number of amides is 1. The van der Waals surface area contributed by atoms with Gasteiger partial charge >= 0.3 is 0 Å². The van der Waals surface area contributed by atoms with Crippen LogP contribution >= 0.6 is 22.9 Å². The maximum absolute atomic E-state index is 13.3. The van der Waals surface area contributed by atoms with E-state index in [-0.39, 0.29) is 12.7 Å². The Morgan fingerprint density at radius 3 is 2.71 bits per heavy atom. The molecule has 0 bridgehead atoms. The second-order valence-electron chi connectivity index (χ2n) is 6.87. The van der Waals surface area contributed by atoms with Crippen LogP contribution in [0.2, 0.25) is 5.02 Å². The van der Waals surface area contributed by atoms with Crippen LogP contribution in [0.25, 0.3) is 10.2 Å². The molecule has 8 heteroatoms. The third-order valence-electron chi connectivity index (χ3n) is 4.55. The van der Waals surface area contributed by atoms with Crippen LogP contribution in [-0.2, 0) is 0 Å². The molecule has 0 atom stereocenters. The molecule has 1 amide bonds. The molecule has 4 rings (SSSR count). The lowest BCUT2D eigenvalue weighted by Gasteiger charge is -2.22. The molecule has 1 aliphatic rings. The Hall–Kier alpha value is -2.35. The van der Waals surface area contributed by atoms with Gasteiger partial charge in [0.25, 0.3) is 5.91 Å². The molecule has 146 valence electrons. The Balaban J connectivity index is 1.74. The van der Waals surface area contributed by atoms with E-state index in [2.05, 4.69) is 0 Å². The molecular formula is C20H20ClN3O3S. The molecule has 0 unspecified atom stereocenters. The third kappa shape index (κ3) is 3.53. The van der Waals surface area contributed by atoms with Crippen LogP contribution in [0.15, 0.2) is 30.3 Å². The quantitative estimate of drug-likeness (QED) is 0.622. The van der Waals surface area contributed by atoms with Crippen molar-refractivity contribution in [3.63, 3.8) is 0 Å². The highest BCUT2D eigenvalue weighted by molar-refractivity contribution is 7.23. The van der Waals surface area contributed by atoms with E-state index in [4.69, 9.17) is 26.1 Å². The molecule has 0 N–H and O–H groups in total. The number of thiazole rings is 1. The molecule has 3 aromatic rings. The molecule has 6 nitrogen and oxygen atoms in total. The minimum absolute atomic E-state index is 0.131. The molecule has 0 saturated carbocycles. The monoisotopic (exact) mass is 417 g/mol. The van der Waals surface area contributed by atoms with Gasteiger partial charge in [-0.1, -0.05) is 29.0 Å². The maximum Gasteiger partial charge on any atom is 0.260 e. The fraction of sp³-hybridized carbons (Fsp3) is 0.300. The van der Waals surface area contributed by atoms with Gasteiger partial charge in [-0.25, -0.2) is 4.98 Å². The lowest BCUT2D eigenvalue weighted by molar-refractivity contribution is 0.0984. The zero-order chi connectivity index (χ0) is 19.8. The van der Waals surface area contributed by atoms with Gasteiger partial charge in [0.05, 0.1) is 15.2 Å². The number of anilines is 1. The highest BCUT2D eigenvalue weighted by Crippen LogP contribution is 2.37. The summed E-state index contributed by atoms with van der Waals surface area (Å²) in [5.41, 5.74) is 2.40. The summed E-state index contributed by atoms with van der Waals surface area (Å²) < 4.78 is 11.7. The number of halogens is 1. The summed E-state index contributed by atoms with van der Waals surface area (Å²) in [4.78, 5) is 21.8. The van der Waals surface area contributed by atoms with Gasteiger partial charge in [0.2, 0.25) is 6.79 Å². The fourth-order valence-corrected chi connectivity index (χ4v) is 4.32. The van der Waals surface area contributed by atoms with Gasteiger partial charge < -0.3 is 14.4 Å². The number of hydrogen-bond acceptors (Lipinski definition) is 6. The fourth-order valence-electron chi connectivity index (χ4n) is 2.98. The van der Waals surface area contributed by atoms with Crippen LogP contribution < -0.4 is 14.4 Å². The zero-order valence-electron chi connectivity index (χ0n) is 15.9. The van der Waals surface area contributed by atoms with E-state index >= 15 is 0 Å². The normalized spacial score (nSPS) is 12.8.